The molecule has 0 spiro atoms. The summed E-state index contributed by atoms with van der Waals surface area (Å²) < 4.78 is 9.20. The second-order valence-corrected chi connectivity index (χ2v) is 4.87. The van der Waals surface area contributed by atoms with Gasteiger partial charge in [0.15, 0.2) is 16.6 Å². The number of rotatable bonds is 4. The SMILES string of the molecule is COc1c(N)nsc1NCC1(C)CC1. The van der Waals surface area contributed by atoms with Crippen LogP contribution in [0.3, 0.4) is 0 Å². The number of nitrogens with one attached hydrogen (secondary N) is 1. The zero-order valence-electron chi connectivity index (χ0n) is 8.46. The molecule has 1 aliphatic carbocycles. The van der Waals surface area contributed by atoms with Gasteiger partial charge in [0, 0.05) is 6.54 Å². The van der Waals surface area contributed by atoms with Gasteiger partial charge in [-0.05, 0) is 29.8 Å². The number of anilines is 2. The van der Waals surface area contributed by atoms with Crippen LogP contribution in [0.1, 0.15) is 19.8 Å². The standard InChI is InChI=1S/C9H15N3OS/c1-9(3-4-9)5-11-8-6(13-2)7(10)12-14-8/h11H,3-5H2,1-2H3,(H2,10,12). The first kappa shape index (κ1) is 9.58. The van der Waals surface area contributed by atoms with Crippen LogP contribution < -0.4 is 15.8 Å². The van der Waals surface area contributed by atoms with E-state index in [1.54, 1.807) is 7.11 Å². The summed E-state index contributed by atoms with van der Waals surface area (Å²) in [4.78, 5) is 0. The van der Waals surface area contributed by atoms with Gasteiger partial charge in [-0.2, -0.15) is 4.37 Å². The fourth-order valence-corrected chi connectivity index (χ4v) is 1.97. The first-order valence-corrected chi connectivity index (χ1v) is 5.45. The second-order valence-electron chi connectivity index (χ2n) is 4.09. The number of hydrogen-bond acceptors (Lipinski definition) is 5. The van der Waals surface area contributed by atoms with E-state index in [0.29, 0.717) is 17.0 Å². The third kappa shape index (κ3) is 1.77. The predicted molar refractivity (Wildman–Crippen MR) is 58.9 cm³/mol. The third-order valence-electron chi connectivity index (χ3n) is 2.66. The monoisotopic (exact) mass is 213 g/mol. The van der Waals surface area contributed by atoms with Crippen LogP contribution in [0.25, 0.3) is 0 Å². The number of methoxy groups -OCH3 is 1. The lowest BCUT2D eigenvalue weighted by Crippen LogP contribution is -2.11. The summed E-state index contributed by atoms with van der Waals surface area (Å²) in [6.07, 6.45) is 2.60. The van der Waals surface area contributed by atoms with Crippen LogP contribution in [0.15, 0.2) is 0 Å². The van der Waals surface area contributed by atoms with Crippen molar-refractivity contribution in [3.8, 4) is 5.75 Å². The molecule has 0 aromatic carbocycles. The van der Waals surface area contributed by atoms with Crippen LogP contribution in [0, 0.1) is 5.41 Å². The lowest BCUT2D eigenvalue weighted by atomic mass is 10.1. The van der Waals surface area contributed by atoms with Gasteiger partial charge >= 0.3 is 0 Å². The molecule has 1 saturated carbocycles. The number of nitrogens with two attached hydrogens (primary N) is 1. The van der Waals surface area contributed by atoms with E-state index in [1.165, 1.54) is 24.4 Å². The average Bonchev–Trinajstić information content (AvgIpc) is 2.78. The molecule has 0 radical (unpaired) electrons. The van der Waals surface area contributed by atoms with Gasteiger partial charge in [-0.1, -0.05) is 6.92 Å². The third-order valence-corrected chi connectivity index (χ3v) is 3.46. The zero-order valence-corrected chi connectivity index (χ0v) is 9.28. The van der Waals surface area contributed by atoms with E-state index in [1.807, 2.05) is 0 Å². The molecule has 0 saturated heterocycles. The smallest absolute Gasteiger partial charge is 0.197 e. The van der Waals surface area contributed by atoms with E-state index in [4.69, 9.17) is 10.5 Å². The van der Waals surface area contributed by atoms with Crippen molar-refractivity contribution in [2.45, 2.75) is 19.8 Å². The van der Waals surface area contributed by atoms with Gasteiger partial charge in [0.05, 0.1) is 7.11 Å². The van der Waals surface area contributed by atoms with Gasteiger partial charge in [0.1, 0.15) is 0 Å². The van der Waals surface area contributed by atoms with Crippen LogP contribution >= 0.6 is 11.5 Å². The minimum atomic E-state index is 0.473. The second kappa shape index (κ2) is 3.31. The molecule has 1 heterocycles. The molecular weight excluding hydrogens is 198 g/mol. The van der Waals surface area contributed by atoms with Crippen molar-refractivity contribution in [3.63, 3.8) is 0 Å². The molecule has 0 aliphatic heterocycles. The van der Waals surface area contributed by atoms with Gasteiger partial charge in [-0.3, -0.25) is 0 Å². The first-order valence-electron chi connectivity index (χ1n) is 4.68. The number of aromatic nitrogens is 1. The van der Waals surface area contributed by atoms with Gasteiger partial charge in [0.2, 0.25) is 0 Å². The maximum atomic E-state index is 5.64. The van der Waals surface area contributed by atoms with E-state index in [2.05, 4.69) is 16.6 Å². The Labute approximate surface area is 87.6 Å². The Morgan fingerprint density at radius 2 is 2.36 bits per heavy atom. The van der Waals surface area contributed by atoms with Crippen molar-refractivity contribution in [3.05, 3.63) is 0 Å². The highest BCUT2D eigenvalue weighted by molar-refractivity contribution is 7.11. The Hall–Kier alpha value is -0.970. The van der Waals surface area contributed by atoms with Crippen LogP contribution in [-0.2, 0) is 0 Å². The van der Waals surface area contributed by atoms with Gasteiger partial charge in [0.25, 0.3) is 0 Å². The molecule has 14 heavy (non-hydrogen) atoms. The highest BCUT2D eigenvalue weighted by Gasteiger charge is 2.37. The topological polar surface area (TPSA) is 60.2 Å². The summed E-state index contributed by atoms with van der Waals surface area (Å²) in [5.74, 6) is 1.15. The number of nitrogen functional groups attached to an aromatic ring is 1. The van der Waals surface area contributed by atoms with E-state index >= 15 is 0 Å². The van der Waals surface area contributed by atoms with E-state index in [0.717, 1.165) is 11.5 Å². The van der Waals surface area contributed by atoms with Crippen molar-refractivity contribution in [2.75, 3.05) is 24.7 Å². The Morgan fingerprint density at radius 3 is 2.93 bits per heavy atom. The molecule has 0 unspecified atom stereocenters. The summed E-state index contributed by atoms with van der Waals surface area (Å²) in [5, 5.41) is 4.28. The molecule has 78 valence electrons. The van der Waals surface area contributed by atoms with Gasteiger partial charge < -0.3 is 15.8 Å². The summed E-state index contributed by atoms with van der Waals surface area (Å²) in [5.41, 5.74) is 6.12. The molecule has 1 aliphatic rings. The Morgan fingerprint density at radius 1 is 1.64 bits per heavy atom. The fourth-order valence-electron chi connectivity index (χ4n) is 1.29. The largest absolute Gasteiger partial charge is 0.490 e. The minimum absolute atomic E-state index is 0.473. The lowest BCUT2D eigenvalue weighted by Gasteiger charge is -2.10. The first-order chi connectivity index (χ1) is 6.64. The van der Waals surface area contributed by atoms with Crippen LogP contribution in [0.5, 0.6) is 5.75 Å². The quantitative estimate of drug-likeness (QED) is 0.802. The maximum Gasteiger partial charge on any atom is 0.197 e. The van der Waals surface area contributed by atoms with E-state index < -0.39 is 0 Å². The summed E-state index contributed by atoms with van der Waals surface area (Å²) in [6.45, 7) is 3.25. The molecule has 1 aromatic rings. The molecule has 2 rings (SSSR count). The van der Waals surface area contributed by atoms with Crippen LogP contribution in [0.2, 0.25) is 0 Å². The molecule has 5 heteroatoms. The normalized spacial score (nSPS) is 17.9. The number of hydrogen-bond donors (Lipinski definition) is 2. The average molecular weight is 213 g/mol. The molecular formula is C9H15N3OS. The predicted octanol–water partition coefficient (Wildman–Crippen LogP) is 1.95. The summed E-state index contributed by atoms with van der Waals surface area (Å²) in [7, 11) is 1.62. The summed E-state index contributed by atoms with van der Waals surface area (Å²) in [6, 6.07) is 0. The Balaban J connectivity index is 2.01. The van der Waals surface area contributed by atoms with Crippen molar-refractivity contribution in [1.82, 2.24) is 4.37 Å². The van der Waals surface area contributed by atoms with Crippen LogP contribution in [0.4, 0.5) is 10.8 Å². The number of nitrogens with zero attached hydrogens (tertiary/aromatic N) is 1. The highest BCUT2D eigenvalue weighted by Crippen LogP contribution is 2.46. The van der Waals surface area contributed by atoms with Crippen molar-refractivity contribution in [2.24, 2.45) is 5.41 Å². The van der Waals surface area contributed by atoms with Crippen molar-refractivity contribution < 1.29 is 4.74 Å². The highest BCUT2D eigenvalue weighted by atomic mass is 32.1. The lowest BCUT2D eigenvalue weighted by molar-refractivity contribution is 0.419. The van der Waals surface area contributed by atoms with Gasteiger partial charge in [-0.25, -0.2) is 0 Å². The van der Waals surface area contributed by atoms with Crippen molar-refractivity contribution in [1.29, 1.82) is 0 Å². The molecule has 4 nitrogen and oxygen atoms in total. The Bertz CT molecular complexity index is 333. The molecule has 0 atom stereocenters. The zero-order chi connectivity index (χ0) is 10.2. The van der Waals surface area contributed by atoms with Crippen molar-refractivity contribution >= 4 is 22.4 Å². The fraction of sp³-hybridized carbons (Fsp3) is 0.667. The molecule has 1 aromatic heterocycles. The minimum Gasteiger partial charge on any atom is -0.490 e. The number of ether oxygens (including phenoxy) is 1. The van der Waals surface area contributed by atoms with E-state index in [-0.39, 0.29) is 0 Å². The Kier molecular flexibility index (Phi) is 2.26. The molecule has 0 bridgehead atoms. The molecule has 0 amide bonds. The maximum absolute atomic E-state index is 5.64. The summed E-state index contributed by atoms with van der Waals surface area (Å²) >= 11 is 1.36. The van der Waals surface area contributed by atoms with Crippen LogP contribution in [-0.4, -0.2) is 18.0 Å². The van der Waals surface area contributed by atoms with E-state index in [9.17, 15) is 0 Å². The van der Waals surface area contributed by atoms with Gasteiger partial charge in [-0.15, -0.1) is 0 Å². The molecule has 1 fully saturated rings. The molecule has 3 N–H and O–H groups in total.